The molecule has 150 valence electrons. The van der Waals surface area contributed by atoms with Gasteiger partial charge in [-0.15, -0.1) is 11.3 Å². The third-order valence-electron chi connectivity index (χ3n) is 4.66. The summed E-state index contributed by atoms with van der Waals surface area (Å²) in [5, 5.41) is 5.30. The number of hydrogen-bond acceptors (Lipinski definition) is 6. The van der Waals surface area contributed by atoms with Gasteiger partial charge in [-0.05, 0) is 26.3 Å². The first-order chi connectivity index (χ1) is 13.4. The maximum Gasteiger partial charge on any atom is 0.341 e. The van der Waals surface area contributed by atoms with Gasteiger partial charge >= 0.3 is 5.97 Å². The average Bonchev–Trinajstić information content (AvgIpc) is 3.04. The van der Waals surface area contributed by atoms with Crippen LogP contribution in [0.15, 0.2) is 29.6 Å². The van der Waals surface area contributed by atoms with Gasteiger partial charge in [-0.1, -0.05) is 29.8 Å². The standard InChI is InChI=1S/C21H26N2O4S/c1-13-5-7-16(8-6-13)17-12-28-20(19(17)21(25)26-4)22-18(24)11-23-9-14(2)27-15(3)10-23/h5-8,12,14-15H,9-11H2,1-4H3,(H,22,24). The fourth-order valence-corrected chi connectivity index (χ4v) is 4.46. The number of ether oxygens (including phenoxy) is 2. The highest BCUT2D eigenvalue weighted by molar-refractivity contribution is 7.15. The molecule has 0 saturated carbocycles. The van der Waals surface area contributed by atoms with Gasteiger partial charge in [0.05, 0.1) is 25.9 Å². The van der Waals surface area contributed by atoms with E-state index in [0.29, 0.717) is 23.7 Å². The first-order valence-electron chi connectivity index (χ1n) is 9.32. The normalized spacial score (nSPS) is 20.0. The summed E-state index contributed by atoms with van der Waals surface area (Å²) >= 11 is 1.33. The van der Waals surface area contributed by atoms with Gasteiger partial charge in [0, 0.05) is 24.0 Å². The zero-order chi connectivity index (χ0) is 20.3. The van der Waals surface area contributed by atoms with Crippen molar-refractivity contribution in [1.82, 2.24) is 4.90 Å². The Morgan fingerprint density at radius 1 is 1.21 bits per heavy atom. The van der Waals surface area contributed by atoms with Crippen LogP contribution in [0.5, 0.6) is 0 Å². The van der Waals surface area contributed by atoms with Gasteiger partial charge in [0.1, 0.15) is 10.6 Å². The van der Waals surface area contributed by atoms with E-state index in [4.69, 9.17) is 9.47 Å². The third kappa shape index (κ3) is 4.79. The summed E-state index contributed by atoms with van der Waals surface area (Å²) in [6.07, 6.45) is 0.189. The molecule has 1 saturated heterocycles. The number of amides is 1. The molecule has 0 spiro atoms. The van der Waals surface area contributed by atoms with E-state index in [1.165, 1.54) is 18.4 Å². The van der Waals surface area contributed by atoms with Crippen LogP contribution in [-0.2, 0) is 14.3 Å². The molecule has 1 aromatic heterocycles. The van der Waals surface area contributed by atoms with E-state index in [0.717, 1.165) is 16.7 Å². The number of thiophene rings is 1. The minimum atomic E-state index is -0.458. The number of hydrogen-bond donors (Lipinski definition) is 1. The quantitative estimate of drug-likeness (QED) is 0.775. The number of morpholine rings is 1. The molecule has 0 bridgehead atoms. The first kappa shape index (κ1) is 20.5. The molecule has 0 aliphatic carbocycles. The summed E-state index contributed by atoms with van der Waals surface area (Å²) in [5.41, 5.74) is 3.22. The van der Waals surface area contributed by atoms with Gasteiger partial charge in [-0.25, -0.2) is 4.79 Å². The molecule has 1 amide bonds. The Balaban J connectivity index is 1.78. The van der Waals surface area contributed by atoms with Crippen LogP contribution in [0.2, 0.25) is 0 Å². The molecule has 0 radical (unpaired) electrons. The second-order valence-electron chi connectivity index (χ2n) is 7.21. The predicted molar refractivity (Wildman–Crippen MR) is 111 cm³/mol. The number of esters is 1. The maximum absolute atomic E-state index is 12.6. The fourth-order valence-electron chi connectivity index (χ4n) is 3.48. The molecule has 6 nitrogen and oxygen atoms in total. The lowest BCUT2D eigenvalue weighted by atomic mass is 10.0. The lowest BCUT2D eigenvalue weighted by Crippen LogP contribution is -2.48. The maximum atomic E-state index is 12.6. The van der Waals surface area contributed by atoms with E-state index in [1.807, 2.05) is 50.4 Å². The van der Waals surface area contributed by atoms with Gasteiger partial charge in [-0.2, -0.15) is 0 Å². The van der Waals surface area contributed by atoms with Gasteiger partial charge in [-0.3, -0.25) is 9.69 Å². The Morgan fingerprint density at radius 3 is 2.46 bits per heavy atom. The molecule has 2 unspecified atom stereocenters. The van der Waals surface area contributed by atoms with Crippen molar-refractivity contribution < 1.29 is 19.1 Å². The van der Waals surface area contributed by atoms with Gasteiger partial charge < -0.3 is 14.8 Å². The fraction of sp³-hybridized carbons (Fsp3) is 0.429. The number of carbonyl (C=O) groups excluding carboxylic acids is 2. The molecule has 1 aromatic carbocycles. The number of methoxy groups -OCH3 is 1. The lowest BCUT2D eigenvalue weighted by Gasteiger charge is -2.34. The summed E-state index contributed by atoms with van der Waals surface area (Å²) < 4.78 is 10.7. The van der Waals surface area contributed by atoms with Gasteiger partial charge in [0.25, 0.3) is 0 Å². The summed E-state index contributed by atoms with van der Waals surface area (Å²) in [4.78, 5) is 27.1. The molecule has 2 atom stereocenters. The highest BCUT2D eigenvalue weighted by Crippen LogP contribution is 2.36. The third-order valence-corrected chi connectivity index (χ3v) is 5.55. The van der Waals surface area contributed by atoms with Crippen molar-refractivity contribution in [3.63, 3.8) is 0 Å². The van der Waals surface area contributed by atoms with Crippen LogP contribution < -0.4 is 5.32 Å². The molecule has 1 fully saturated rings. The van der Waals surface area contributed by atoms with E-state index >= 15 is 0 Å². The van der Waals surface area contributed by atoms with E-state index in [2.05, 4.69) is 10.2 Å². The smallest absolute Gasteiger partial charge is 0.341 e. The molecule has 28 heavy (non-hydrogen) atoms. The number of anilines is 1. The van der Waals surface area contributed by atoms with Crippen LogP contribution in [0.25, 0.3) is 11.1 Å². The Morgan fingerprint density at radius 2 is 1.86 bits per heavy atom. The van der Waals surface area contributed by atoms with E-state index in [9.17, 15) is 9.59 Å². The predicted octanol–water partition coefficient (Wildman–Crippen LogP) is 3.56. The molecular formula is C21H26N2O4S. The number of aryl methyl sites for hydroxylation is 1. The molecule has 1 aliphatic heterocycles. The monoisotopic (exact) mass is 402 g/mol. The van der Waals surface area contributed by atoms with Crippen LogP contribution in [0.3, 0.4) is 0 Å². The minimum absolute atomic E-state index is 0.0945. The topological polar surface area (TPSA) is 67.9 Å². The zero-order valence-corrected chi connectivity index (χ0v) is 17.5. The van der Waals surface area contributed by atoms with Crippen LogP contribution >= 0.6 is 11.3 Å². The highest BCUT2D eigenvalue weighted by Gasteiger charge is 2.26. The zero-order valence-electron chi connectivity index (χ0n) is 16.7. The van der Waals surface area contributed by atoms with Crippen LogP contribution in [0, 0.1) is 6.92 Å². The Kier molecular flexibility index (Phi) is 6.49. The largest absolute Gasteiger partial charge is 0.465 e. The SMILES string of the molecule is COC(=O)c1c(-c2ccc(C)cc2)csc1NC(=O)CN1CC(C)OC(C)C1. The molecular weight excluding hydrogens is 376 g/mol. The Labute approximate surface area is 169 Å². The van der Waals surface area contributed by atoms with Crippen molar-refractivity contribution in [1.29, 1.82) is 0 Å². The van der Waals surface area contributed by atoms with Crippen molar-refractivity contribution in [2.24, 2.45) is 0 Å². The minimum Gasteiger partial charge on any atom is -0.465 e. The number of benzene rings is 1. The average molecular weight is 403 g/mol. The van der Waals surface area contributed by atoms with Crippen LogP contribution in [-0.4, -0.2) is 55.7 Å². The number of nitrogens with one attached hydrogen (secondary N) is 1. The molecule has 1 aliphatic rings. The highest BCUT2D eigenvalue weighted by atomic mass is 32.1. The second-order valence-corrected chi connectivity index (χ2v) is 8.09. The second kappa shape index (κ2) is 8.86. The number of nitrogens with zero attached hydrogens (tertiary/aromatic N) is 1. The van der Waals surface area contributed by atoms with E-state index in [1.54, 1.807) is 0 Å². The van der Waals surface area contributed by atoms with Gasteiger partial charge in [0.2, 0.25) is 5.91 Å². The van der Waals surface area contributed by atoms with E-state index in [-0.39, 0.29) is 24.7 Å². The molecule has 2 aromatic rings. The van der Waals surface area contributed by atoms with Crippen molar-refractivity contribution in [3.05, 3.63) is 40.8 Å². The molecule has 2 heterocycles. The van der Waals surface area contributed by atoms with Crippen molar-refractivity contribution >= 4 is 28.2 Å². The molecule has 1 N–H and O–H groups in total. The van der Waals surface area contributed by atoms with Crippen molar-refractivity contribution in [2.45, 2.75) is 33.0 Å². The van der Waals surface area contributed by atoms with Crippen molar-refractivity contribution in [3.8, 4) is 11.1 Å². The van der Waals surface area contributed by atoms with Crippen LogP contribution in [0.4, 0.5) is 5.00 Å². The molecule has 7 heteroatoms. The number of carbonyl (C=O) groups is 2. The van der Waals surface area contributed by atoms with Gasteiger partial charge in [0.15, 0.2) is 0 Å². The summed E-state index contributed by atoms with van der Waals surface area (Å²) in [6, 6.07) is 7.91. The van der Waals surface area contributed by atoms with Crippen LogP contribution in [0.1, 0.15) is 29.8 Å². The van der Waals surface area contributed by atoms with Crippen molar-refractivity contribution in [2.75, 3.05) is 32.1 Å². The Bertz CT molecular complexity index is 837. The van der Waals surface area contributed by atoms with E-state index < -0.39 is 5.97 Å². The summed E-state index contributed by atoms with van der Waals surface area (Å²) in [5.74, 6) is -0.607. The lowest BCUT2D eigenvalue weighted by molar-refractivity contribution is -0.121. The first-order valence-corrected chi connectivity index (χ1v) is 10.2. The summed E-state index contributed by atoms with van der Waals surface area (Å²) in [7, 11) is 1.35. The summed E-state index contributed by atoms with van der Waals surface area (Å²) in [6.45, 7) is 7.70. The number of rotatable bonds is 5. The molecule has 3 rings (SSSR count). The Hall–Kier alpha value is -2.22.